The summed E-state index contributed by atoms with van der Waals surface area (Å²) < 4.78 is 34.5. The maximum Gasteiger partial charge on any atom is 0.219 e. The summed E-state index contributed by atoms with van der Waals surface area (Å²) in [5.74, 6) is 0.937. The minimum atomic E-state index is -3.56. The largest absolute Gasteiger partial charge is 0.378 e. The third-order valence-electron chi connectivity index (χ3n) is 6.85. The van der Waals surface area contributed by atoms with E-state index >= 15 is 0 Å². The number of nitrogens with one attached hydrogen (secondary N) is 1. The van der Waals surface area contributed by atoms with Crippen LogP contribution < -0.4 is 16.0 Å². The molecule has 0 bridgehead atoms. The van der Waals surface area contributed by atoms with Gasteiger partial charge in [0.15, 0.2) is 21.3 Å². The predicted molar refractivity (Wildman–Crippen MR) is 142 cm³/mol. The van der Waals surface area contributed by atoms with Gasteiger partial charge in [-0.15, -0.1) is 0 Å². The number of imidazole rings is 1. The van der Waals surface area contributed by atoms with E-state index in [2.05, 4.69) is 20.2 Å². The molecule has 12 nitrogen and oxygen atoms in total. The fourth-order valence-electron chi connectivity index (χ4n) is 4.89. The molecule has 2 fully saturated rings. The molecule has 1 atom stereocenters. The Morgan fingerprint density at radius 3 is 2.55 bits per heavy atom. The molecule has 0 amide bonds. The van der Waals surface area contributed by atoms with Gasteiger partial charge in [-0.25, -0.2) is 28.4 Å². The number of hydrogen-bond donors (Lipinski definition) is 2. The maximum atomic E-state index is 13.5. The molecule has 13 heteroatoms. The standard InChI is InChI=1S/C25H29N9O3S/c26-25-28-12-18(13-29-25)21-17-34-16-19(30-23(34)24(31-21)32-8-10-37-11-9-32)15-33-7-6-27-14-22(33)38(35,36)20-4-2-1-3-5-20/h1-5,12-13,16-17,22,27H,6-11,14-15H2,(H2,26,28,29). The third-order valence-corrected chi connectivity index (χ3v) is 8.96. The molecule has 1 unspecified atom stereocenters. The van der Waals surface area contributed by atoms with Crippen LogP contribution in [-0.2, 0) is 21.1 Å². The van der Waals surface area contributed by atoms with Crippen molar-refractivity contribution < 1.29 is 13.2 Å². The first-order chi connectivity index (χ1) is 18.5. The summed E-state index contributed by atoms with van der Waals surface area (Å²) in [6, 6.07) is 8.61. The van der Waals surface area contributed by atoms with E-state index in [0.717, 1.165) is 17.1 Å². The molecular weight excluding hydrogens is 506 g/mol. The molecular formula is C25H29N9O3S. The average Bonchev–Trinajstić information content (AvgIpc) is 3.36. The van der Waals surface area contributed by atoms with Crippen LogP contribution in [-0.4, -0.2) is 89.0 Å². The van der Waals surface area contributed by atoms with Crippen LogP contribution in [0.1, 0.15) is 5.69 Å². The first-order valence-corrected chi connectivity index (χ1v) is 14.1. The normalized spacial score (nSPS) is 19.2. The van der Waals surface area contributed by atoms with E-state index in [1.807, 2.05) is 27.8 Å². The predicted octanol–water partition coefficient (Wildman–Crippen LogP) is 0.810. The van der Waals surface area contributed by atoms with Crippen LogP contribution in [0.4, 0.5) is 11.8 Å². The number of fused-ring (bicyclic) bond motifs is 1. The zero-order valence-electron chi connectivity index (χ0n) is 20.8. The Morgan fingerprint density at radius 1 is 1.03 bits per heavy atom. The molecule has 0 spiro atoms. The van der Waals surface area contributed by atoms with Crippen LogP contribution in [0, 0.1) is 0 Å². The lowest BCUT2D eigenvalue weighted by Crippen LogP contribution is -2.54. The molecule has 0 radical (unpaired) electrons. The molecule has 1 aromatic carbocycles. The van der Waals surface area contributed by atoms with Crippen molar-refractivity contribution in [2.24, 2.45) is 0 Å². The number of nitrogens with zero attached hydrogens (tertiary/aromatic N) is 7. The molecule has 2 saturated heterocycles. The van der Waals surface area contributed by atoms with Crippen LogP contribution in [0.3, 0.4) is 0 Å². The molecule has 0 aliphatic carbocycles. The zero-order chi connectivity index (χ0) is 26.1. The number of anilines is 2. The number of ether oxygens (including phenoxy) is 1. The second-order valence-corrected chi connectivity index (χ2v) is 11.4. The van der Waals surface area contributed by atoms with Crippen molar-refractivity contribution in [1.29, 1.82) is 0 Å². The molecule has 5 heterocycles. The van der Waals surface area contributed by atoms with Crippen LogP contribution in [0.15, 0.2) is 60.0 Å². The van der Waals surface area contributed by atoms with Gasteiger partial charge in [0.25, 0.3) is 0 Å². The lowest BCUT2D eigenvalue weighted by Gasteiger charge is -2.35. The summed E-state index contributed by atoms with van der Waals surface area (Å²) in [4.78, 5) is 22.5. The quantitative estimate of drug-likeness (QED) is 0.362. The number of aromatic nitrogens is 5. The lowest BCUT2D eigenvalue weighted by molar-refractivity contribution is 0.122. The van der Waals surface area contributed by atoms with Gasteiger partial charge in [0.1, 0.15) is 5.37 Å². The summed E-state index contributed by atoms with van der Waals surface area (Å²) in [7, 11) is -3.56. The van der Waals surface area contributed by atoms with E-state index in [4.69, 9.17) is 20.4 Å². The van der Waals surface area contributed by atoms with E-state index in [1.54, 1.807) is 36.7 Å². The van der Waals surface area contributed by atoms with E-state index in [0.29, 0.717) is 68.7 Å². The van der Waals surface area contributed by atoms with Crippen molar-refractivity contribution in [2.45, 2.75) is 16.8 Å². The van der Waals surface area contributed by atoms with Gasteiger partial charge in [0.2, 0.25) is 5.95 Å². The van der Waals surface area contributed by atoms with Crippen molar-refractivity contribution in [3.8, 4) is 11.3 Å². The van der Waals surface area contributed by atoms with Gasteiger partial charge < -0.3 is 25.1 Å². The zero-order valence-corrected chi connectivity index (χ0v) is 21.6. The van der Waals surface area contributed by atoms with Crippen molar-refractivity contribution in [3.05, 3.63) is 60.8 Å². The van der Waals surface area contributed by atoms with Crippen LogP contribution in [0.2, 0.25) is 0 Å². The van der Waals surface area contributed by atoms with Crippen molar-refractivity contribution >= 4 is 27.3 Å². The second-order valence-electron chi connectivity index (χ2n) is 9.33. The Kier molecular flexibility index (Phi) is 6.66. The molecule has 4 aromatic rings. The first-order valence-electron chi connectivity index (χ1n) is 12.5. The molecule has 2 aliphatic rings. The topological polar surface area (TPSA) is 144 Å². The van der Waals surface area contributed by atoms with E-state index in [9.17, 15) is 8.42 Å². The second kappa shape index (κ2) is 10.3. The Labute approximate surface area is 220 Å². The Hall–Kier alpha value is -3.65. The van der Waals surface area contributed by atoms with Crippen molar-refractivity contribution in [1.82, 2.24) is 34.6 Å². The van der Waals surface area contributed by atoms with Gasteiger partial charge in [-0.3, -0.25) is 4.90 Å². The van der Waals surface area contributed by atoms with E-state index < -0.39 is 15.2 Å². The lowest BCUT2D eigenvalue weighted by atomic mass is 10.2. The van der Waals surface area contributed by atoms with E-state index in [1.165, 1.54) is 0 Å². The van der Waals surface area contributed by atoms with Gasteiger partial charge >= 0.3 is 0 Å². The number of nitrogens with two attached hydrogens (primary N) is 1. The SMILES string of the molecule is Nc1ncc(-c2cn3cc(CN4CCNCC4S(=O)(=O)c4ccccc4)nc3c(N3CCOCC3)n2)cn1. The number of rotatable bonds is 6. The van der Waals surface area contributed by atoms with Crippen LogP contribution in [0.25, 0.3) is 16.9 Å². The molecule has 2 aliphatic heterocycles. The van der Waals surface area contributed by atoms with Crippen molar-refractivity contribution in [2.75, 3.05) is 56.6 Å². The van der Waals surface area contributed by atoms with Gasteiger partial charge in [0, 0.05) is 69.6 Å². The third kappa shape index (κ3) is 4.80. The Balaban J connectivity index is 1.36. The number of piperazine rings is 1. The summed E-state index contributed by atoms with van der Waals surface area (Å²) in [5, 5.41) is 2.55. The number of sulfone groups is 1. The Bertz CT molecular complexity index is 1520. The highest BCUT2D eigenvalue weighted by Crippen LogP contribution is 2.27. The fourth-order valence-corrected chi connectivity index (χ4v) is 6.65. The molecule has 38 heavy (non-hydrogen) atoms. The molecule has 3 N–H and O–H groups in total. The minimum Gasteiger partial charge on any atom is -0.378 e. The van der Waals surface area contributed by atoms with Gasteiger partial charge in [-0.2, -0.15) is 0 Å². The molecule has 3 aromatic heterocycles. The number of nitrogen functional groups attached to an aromatic ring is 1. The highest BCUT2D eigenvalue weighted by molar-refractivity contribution is 7.92. The Morgan fingerprint density at radius 2 is 1.79 bits per heavy atom. The summed E-state index contributed by atoms with van der Waals surface area (Å²) >= 11 is 0. The monoisotopic (exact) mass is 535 g/mol. The fraction of sp³-hybridized carbons (Fsp3) is 0.360. The van der Waals surface area contributed by atoms with Gasteiger partial charge in [-0.05, 0) is 12.1 Å². The smallest absolute Gasteiger partial charge is 0.219 e. The first kappa shape index (κ1) is 24.7. The van der Waals surface area contributed by atoms with Crippen LogP contribution >= 0.6 is 0 Å². The number of morpholine rings is 1. The molecule has 6 rings (SSSR count). The van der Waals surface area contributed by atoms with Gasteiger partial charge in [0.05, 0.1) is 29.5 Å². The molecule has 198 valence electrons. The average molecular weight is 536 g/mol. The maximum absolute atomic E-state index is 13.5. The summed E-state index contributed by atoms with van der Waals surface area (Å²) in [6.07, 6.45) is 7.13. The summed E-state index contributed by atoms with van der Waals surface area (Å²) in [6.45, 7) is 4.65. The summed E-state index contributed by atoms with van der Waals surface area (Å²) in [5.41, 5.74) is 8.58. The van der Waals surface area contributed by atoms with Crippen molar-refractivity contribution in [3.63, 3.8) is 0 Å². The minimum absolute atomic E-state index is 0.198. The van der Waals surface area contributed by atoms with Crippen LogP contribution in [0.5, 0.6) is 0 Å². The molecule has 0 saturated carbocycles. The van der Waals surface area contributed by atoms with E-state index in [-0.39, 0.29) is 5.95 Å². The highest BCUT2D eigenvalue weighted by Gasteiger charge is 2.35. The highest BCUT2D eigenvalue weighted by atomic mass is 32.2. The number of hydrogen-bond acceptors (Lipinski definition) is 11. The van der Waals surface area contributed by atoms with Gasteiger partial charge in [-0.1, -0.05) is 18.2 Å². The number of benzene rings is 1.